The molecule has 0 bridgehead atoms. The largest absolute Gasteiger partial charge is 0.371 e. The van der Waals surface area contributed by atoms with Gasteiger partial charge in [-0.2, -0.15) is 0 Å². The fourth-order valence-electron chi connectivity index (χ4n) is 3.20. The summed E-state index contributed by atoms with van der Waals surface area (Å²) >= 11 is 0. The molecule has 0 aromatic heterocycles. The van der Waals surface area contributed by atoms with Gasteiger partial charge in [-0.15, -0.1) is 0 Å². The number of carbonyl (C=O) groups excluding carboxylic acids is 2. The summed E-state index contributed by atoms with van der Waals surface area (Å²) in [7, 11) is 0. The van der Waals surface area contributed by atoms with Crippen LogP contribution < -0.4 is 15.5 Å². The molecular formula is C20H32N4O2. The fraction of sp³-hybridized carbons (Fsp3) is 0.600. The van der Waals surface area contributed by atoms with Crippen LogP contribution in [0.25, 0.3) is 0 Å². The molecule has 0 radical (unpaired) electrons. The van der Waals surface area contributed by atoms with Gasteiger partial charge in [0.2, 0.25) is 0 Å². The first kappa shape index (κ1) is 20.1. The Hall–Kier alpha value is -2.24. The van der Waals surface area contributed by atoms with Crippen molar-refractivity contribution in [3.8, 4) is 0 Å². The van der Waals surface area contributed by atoms with Crippen LogP contribution in [0.2, 0.25) is 0 Å². The van der Waals surface area contributed by atoms with Crippen molar-refractivity contribution < 1.29 is 9.59 Å². The van der Waals surface area contributed by atoms with Gasteiger partial charge in [-0.1, -0.05) is 0 Å². The normalized spacial score (nSPS) is 14.3. The SMILES string of the molecule is CCN(CC)C(=O)c1cc(NC(=O)NC(C)(C)C)ccc1N1CCCC1. The van der Waals surface area contributed by atoms with E-state index in [9.17, 15) is 9.59 Å². The number of hydrogen-bond acceptors (Lipinski definition) is 3. The maximum atomic E-state index is 13.0. The fourth-order valence-corrected chi connectivity index (χ4v) is 3.20. The Balaban J connectivity index is 2.31. The Morgan fingerprint density at radius 3 is 2.27 bits per heavy atom. The van der Waals surface area contributed by atoms with E-state index in [0.717, 1.165) is 31.6 Å². The van der Waals surface area contributed by atoms with Gasteiger partial charge in [-0.25, -0.2) is 4.79 Å². The summed E-state index contributed by atoms with van der Waals surface area (Å²) in [5, 5.41) is 5.72. The number of rotatable bonds is 5. The number of urea groups is 1. The Labute approximate surface area is 156 Å². The maximum absolute atomic E-state index is 13.0. The first-order valence-electron chi connectivity index (χ1n) is 9.52. The van der Waals surface area contributed by atoms with Gasteiger partial charge in [-0.05, 0) is 65.7 Å². The van der Waals surface area contributed by atoms with Crippen molar-refractivity contribution in [2.75, 3.05) is 36.4 Å². The lowest BCUT2D eigenvalue weighted by atomic mass is 10.1. The lowest BCUT2D eigenvalue weighted by Gasteiger charge is -2.26. The van der Waals surface area contributed by atoms with Gasteiger partial charge in [0.25, 0.3) is 5.91 Å². The van der Waals surface area contributed by atoms with Crippen LogP contribution in [0.3, 0.4) is 0 Å². The monoisotopic (exact) mass is 360 g/mol. The second kappa shape index (κ2) is 8.43. The summed E-state index contributed by atoms with van der Waals surface area (Å²) in [4.78, 5) is 29.3. The molecule has 6 heteroatoms. The number of nitrogens with zero attached hydrogens (tertiary/aromatic N) is 2. The van der Waals surface area contributed by atoms with E-state index in [1.165, 1.54) is 0 Å². The predicted molar refractivity (Wildman–Crippen MR) is 107 cm³/mol. The summed E-state index contributed by atoms with van der Waals surface area (Å²) in [5.74, 6) is 0.0109. The van der Waals surface area contributed by atoms with Crippen molar-refractivity contribution in [2.45, 2.75) is 53.0 Å². The molecule has 0 saturated carbocycles. The summed E-state index contributed by atoms with van der Waals surface area (Å²) in [6.07, 6.45) is 2.29. The molecule has 1 aliphatic heterocycles. The smallest absolute Gasteiger partial charge is 0.319 e. The van der Waals surface area contributed by atoms with Crippen LogP contribution >= 0.6 is 0 Å². The molecule has 1 aliphatic rings. The summed E-state index contributed by atoms with van der Waals surface area (Å²) in [5.41, 5.74) is 1.93. The van der Waals surface area contributed by atoms with Gasteiger partial charge >= 0.3 is 6.03 Å². The molecule has 0 spiro atoms. The molecule has 144 valence electrons. The van der Waals surface area contributed by atoms with E-state index in [4.69, 9.17) is 0 Å². The van der Waals surface area contributed by atoms with E-state index in [2.05, 4.69) is 15.5 Å². The van der Waals surface area contributed by atoms with Crippen molar-refractivity contribution in [2.24, 2.45) is 0 Å². The zero-order valence-electron chi connectivity index (χ0n) is 16.7. The van der Waals surface area contributed by atoms with Crippen molar-refractivity contribution in [1.82, 2.24) is 10.2 Å². The standard InChI is InChI=1S/C20H32N4O2/c1-6-23(7-2)18(25)16-14-15(21-19(26)22-20(3,4)5)10-11-17(16)24-12-8-9-13-24/h10-11,14H,6-9,12-13H2,1-5H3,(H2,21,22,26). The third-order valence-corrected chi connectivity index (χ3v) is 4.47. The van der Waals surface area contributed by atoms with Crippen molar-refractivity contribution in [1.29, 1.82) is 0 Å². The Morgan fingerprint density at radius 2 is 1.73 bits per heavy atom. The van der Waals surface area contributed by atoms with Gasteiger partial charge < -0.3 is 20.4 Å². The minimum atomic E-state index is -0.320. The van der Waals surface area contributed by atoms with Gasteiger partial charge in [0.15, 0.2) is 0 Å². The average molecular weight is 361 g/mol. The first-order chi connectivity index (χ1) is 12.2. The second-order valence-corrected chi connectivity index (χ2v) is 7.73. The van der Waals surface area contributed by atoms with E-state index in [1.54, 1.807) is 6.07 Å². The van der Waals surface area contributed by atoms with Crippen LogP contribution in [0.15, 0.2) is 18.2 Å². The second-order valence-electron chi connectivity index (χ2n) is 7.73. The van der Waals surface area contributed by atoms with Crippen molar-refractivity contribution in [3.63, 3.8) is 0 Å². The Kier molecular flexibility index (Phi) is 6.51. The molecule has 0 atom stereocenters. The molecule has 0 aliphatic carbocycles. The number of benzene rings is 1. The van der Waals surface area contributed by atoms with Crippen LogP contribution in [-0.2, 0) is 0 Å². The third kappa shape index (κ3) is 5.13. The molecule has 0 unspecified atom stereocenters. The maximum Gasteiger partial charge on any atom is 0.319 e. The van der Waals surface area contributed by atoms with Crippen LogP contribution in [0, 0.1) is 0 Å². The quantitative estimate of drug-likeness (QED) is 0.842. The number of nitrogens with one attached hydrogen (secondary N) is 2. The molecule has 1 fully saturated rings. The summed E-state index contributed by atoms with van der Waals surface area (Å²) in [6, 6.07) is 5.35. The lowest BCUT2D eigenvalue weighted by molar-refractivity contribution is 0.0773. The minimum absolute atomic E-state index is 0.0109. The molecule has 26 heavy (non-hydrogen) atoms. The van der Waals surface area contributed by atoms with E-state index in [-0.39, 0.29) is 17.5 Å². The molecule has 1 aromatic carbocycles. The highest BCUT2D eigenvalue weighted by Gasteiger charge is 2.23. The molecule has 1 aromatic rings. The molecule has 6 nitrogen and oxygen atoms in total. The molecule has 2 rings (SSSR count). The highest BCUT2D eigenvalue weighted by Crippen LogP contribution is 2.28. The summed E-state index contributed by atoms with van der Waals surface area (Å²) < 4.78 is 0. The number of hydrogen-bond donors (Lipinski definition) is 2. The van der Waals surface area contributed by atoms with Gasteiger partial charge in [0.05, 0.1) is 5.56 Å². The van der Waals surface area contributed by atoms with Gasteiger partial charge in [0.1, 0.15) is 0 Å². The van der Waals surface area contributed by atoms with Gasteiger partial charge in [0, 0.05) is 43.1 Å². The number of anilines is 2. The Morgan fingerprint density at radius 1 is 1.12 bits per heavy atom. The van der Waals surface area contributed by atoms with Crippen LogP contribution in [0.4, 0.5) is 16.2 Å². The predicted octanol–water partition coefficient (Wildman–Crippen LogP) is 3.69. The van der Waals surface area contributed by atoms with Crippen LogP contribution in [0.5, 0.6) is 0 Å². The average Bonchev–Trinajstić information content (AvgIpc) is 3.08. The van der Waals surface area contributed by atoms with Crippen molar-refractivity contribution in [3.05, 3.63) is 23.8 Å². The number of amides is 3. The van der Waals surface area contributed by atoms with Crippen LogP contribution in [0.1, 0.15) is 57.8 Å². The highest BCUT2D eigenvalue weighted by molar-refractivity contribution is 6.02. The molecule has 3 amide bonds. The van der Waals surface area contributed by atoms with E-state index in [1.807, 2.05) is 51.7 Å². The van der Waals surface area contributed by atoms with E-state index >= 15 is 0 Å². The highest BCUT2D eigenvalue weighted by atomic mass is 16.2. The van der Waals surface area contributed by atoms with Gasteiger partial charge in [-0.3, -0.25) is 4.79 Å². The van der Waals surface area contributed by atoms with E-state index < -0.39 is 0 Å². The van der Waals surface area contributed by atoms with Crippen LogP contribution in [-0.4, -0.2) is 48.6 Å². The molecule has 1 heterocycles. The zero-order chi connectivity index (χ0) is 19.3. The molecule has 1 saturated heterocycles. The minimum Gasteiger partial charge on any atom is -0.371 e. The topological polar surface area (TPSA) is 64.7 Å². The third-order valence-electron chi connectivity index (χ3n) is 4.47. The van der Waals surface area contributed by atoms with E-state index in [0.29, 0.717) is 24.3 Å². The zero-order valence-corrected chi connectivity index (χ0v) is 16.7. The Bertz CT molecular complexity index is 642. The lowest BCUT2D eigenvalue weighted by Crippen LogP contribution is -2.43. The first-order valence-corrected chi connectivity index (χ1v) is 9.52. The number of carbonyl (C=O) groups is 2. The molecule has 2 N–H and O–H groups in total. The molecular weight excluding hydrogens is 328 g/mol. The summed E-state index contributed by atoms with van der Waals surface area (Å²) in [6.45, 7) is 13.0. The van der Waals surface area contributed by atoms with Crippen molar-refractivity contribution >= 4 is 23.3 Å².